The number of imidazole rings is 1. The highest BCUT2D eigenvalue weighted by Crippen LogP contribution is 2.23. The molecule has 3 atom stereocenters. The number of hydrogen-bond donors (Lipinski definition) is 2. The van der Waals surface area contributed by atoms with Gasteiger partial charge in [0.25, 0.3) is 0 Å². The lowest BCUT2D eigenvalue weighted by atomic mass is 9.95. The van der Waals surface area contributed by atoms with Gasteiger partial charge in [0.2, 0.25) is 0 Å². The lowest BCUT2D eigenvalue weighted by Crippen LogP contribution is -2.38. The van der Waals surface area contributed by atoms with Crippen molar-refractivity contribution in [3.05, 3.63) is 18.2 Å². The first-order valence-corrected chi connectivity index (χ1v) is 6.65. The van der Waals surface area contributed by atoms with Crippen LogP contribution < -0.4 is 5.73 Å². The summed E-state index contributed by atoms with van der Waals surface area (Å²) in [4.78, 5) is 18.7. The molecular weight excluding hydrogens is 246 g/mol. The number of hydrogen-bond acceptors (Lipinski definition) is 5. The van der Waals surface area contributed by atoms with Crippen LogP contribution in [0.3, 0.4) is 0 Å². The Morgan fingerprint density at radius 3 is 3.05 bits per heavy atom. The van der Waals surface area contributed by atoms with Gasteiger partial charge in [-0.2, -0.15) is 0 Å². The van der Waals surface area contributed by atoms with Crippen LogP contribution in [0.2, 0.25) is 0 Å². The highest BCUT2D eigenvalue weighted by Gasteiger charge is 2.26. The fraction of sp³-hybridized carbons (Fsp3) is 0.692. The Balaban J connectivity index is 1.79. The third kappa shape index (κ3) is 4.04. The SMILES string of the molecule is COC1CCCC(OC(=O)[C@@H](N)Cc2cnc[nH]2)C1. The largest absolute Gasteiger partial charge is 0.461 e. The van der Waals surface area contributed by atoms with Crippen molar-refractivity contribution in [1.82, 2.24) is 9.97 Å². The highest BCUT2D eigenvalue weighted by molar-refractivity contribution is 5.76. The maximum absolute atomic E-state index is 11.9. The van der Waals surface area contributed by atoms with E-state index in [1.807, 2.05) is 0 Å². The molecule has 0 spiro atoms. The molecule has 1 fully saturated rings. The number of carbonyl (C=O) groups excluding carboxylic acids is 1. The van der Waals surface area contributed by atoms with Gasteiger partial charge in [0, 0.05) is 31.8 Å². The molecule has 0 saturated heterocycles. The minimum atomic E-state index is -0.650. The Morgan fingerprint density at radius 1 is 1.58 bits per heavy atom. The van der Waals surface area contributed by atoms with Crippen molar-refractivity contribution >= 4 is 5.97 Å². The monoisotopic (exact) mass is 267 g/mol. The van der Waals surface area contributed by atoms with Gasteiger partial charge in [0.1, 0.15) is 12.1 Å². The Hall–Kier alpha value is -1.40. The molecule has 3 N–H and O–H groups in total. The second-order valence-corrected chi connectivity index (χ2v) is 4.97. The summed E-state index contributed by atoms with van der Waals surface area (Å²) in [7, 11) is 1.69. The normalized spacial score (nSPS) is 24.9. The number of H-pyrrole nitrogens is 1. The number of ether oxygens (including phenoxy) is 2. The number of carbonyl (C=O) groups is 1. The lowest BCUT2D eigenvalue weighted by molar-refractivity contribution is -0.154. The molecule has 1 aromatic heterocycles. The summed E-state index contributed by atoms with van der Waals surface area (Å²) in [6.45, 7) is 0. The van der Waals surface area contributed by atoms with Gasteiger partial charge in [-0.05, 0) is 19.3 Å². The van der Waals surface area contributed by atoms with Crippen LogP contribution in [-0.4, -0.2) is 41.3 Å². The molecule has 1 heterocycles. The van der Waals surface area contributed by atoms with Gasteiger partial charge in [-0.3, -0.25) is 4.79 Å². The van der Waals surface area contributed by atoms with Crippen LogP contribution in [0.25, 0.3) is 0 Å². The van der Waals surface area contributed by atoms with Gasteiger partial charge in [-0.15, -0.1) is 0 Å². The average molecular weight is 267 g/mol. The average Bonchev–Trinajstić information content (AvgIpc) is 2.91. The summed E-state index contributed by atoms with van der Waals surface area (Å²) in [6.07, 6.45) is 7.47. The van der Waals surface area contributed by atoms with Gasteiger partial charge in [0.15, 0.2) is 0 Å². The number of esters is 1. The molecule has 0 aliphatic heterocycles. The topological polar surface area (TPSA) is 90.2 Å². The minimum Gasteiger partial charge on any atom is -0.461 e. The van der Waals surface area contributed by atoms with Gasteiger partial charge in [-0.25, -0.2) is 4.98 Å². The summed E-state index contributed by atoms with van der Waals surface area (Å²) < 4.78 is 10.8. The molecule has 0 radical (unpaired) electrons. The number of nitrogens with one attached hydrogen (secondary N) is 1. The van der Waals surface area contributed by atoms with Crippen LogP contribution in [0, 0.1) is 0 Å². The van der Waals surface area contributed by atoms with Crippen molar-refractivity contribution in [3.63, 3.8) is 0 Å². The Labute approximate surface area is 112 Å². The van der Waals surface area contributed by atoms with E-state index in [1.165, 1.54) is 0 Å². The standard InChI is InChI=1S/C13H21N3O3/c1-18-10-3-2-4-11(6-10)19-13(17)12(14)5-9-7-15-8-16-9/h7-8,10-12H,2-6,14H2,1H3,(H,15,16)/t10?,11?,12-/m0/s1. The van der Waals surface area contributed by atoms with Gasteiger partial charge < -0.3 is 20.2 Å². The number of aromatic amines is 1. The Bertz CT molecular complexity index is 394. The van der Waals surface area contributed by atoms with E-state index in [4.69, 9.17) is 15.2 Å². The van der Waals surface area contributed by atoms with Crippen molar-refractivity contribution in [1.29, 1.82) is 0 Å². The maximum atomic E-state index is 11.9. The number of methoxy groups -OCH3 is 1. The van der Waals surface area contributed by atoms with E-state index in [1.54, 1.807) is 19.6 Å². The predicted molar refractivity (Wildman–Crippen MR) is 69.4 cm³/mol. The van der Waals surface area contributed by atoms with Gasteiger partial charge in [-0.1, -0.05) is 0 Å². The molecule has 1 aromatic rings. The number of rotatable bonds is 5. The Kier molecular flexibility index (Phi) is 4.93. The first-order valence-electron chi connectivity index (χ1n) is 6.65. The van der Waals surface area contributed by atoms with Gasteiger partial charge in [0.05, 0.1) is 12.4 Å². The predicted octanol–water partition coefficient (Wildman–Crippen LogP) is 0.780. The third-order valence-electron chi connectivity index (χ3n) is 3.49. The number of nitrogens with two attached hydrogens (primary N) is 1. The fourth-order valence-corrected chi connectivity index (χ4v) is 2.39. The van der Waals surface area contributed by atoms with Crippen molar-refractivity contribution in [2.24, 2.45) is 5.73 Å². The molecule has 0 amide bonds. The molecule has 0 aromatic carbocycles. The van der Waals surface area contributed by atoms with Crippen LogP contribution >= 0.6 is 0 Å². The molecule has 19 heavy (non-hydrogen) atoms. The minimum absolute atomic E-state index is 0.0704. The van der Waals surface area contributed by atoms with Gasteiger partial charge >= 0.3 is 5.97 Å². The van der Waals surface area contributed by atoms with Crippen LogP contribution in [0.15, 0.2) is 12.5 Å². The summed E-state index contributed by atoms with van der Waals surface area (Å²) in [5.41, 5.74) is 6.68. The van der Waals surface area contributed by atoms with E-state index >= 15 is 0 Å². The van der Waals surface area contributed by atoms with Crippen molar-refractivity contribution in [2.75, 3.05) is 7.11 Å². The van der Waals surface area contributed by atoms with E-state index in [0.29, 0.717) is 6.42 Å². The second kappa shape index (κ2) is 6.68. The molecule has 1 aliphatic carbocycles. The summed E-state index contributed by atoms with van der Waals surface area (Å²) in [5.74, 6) is -0.351. The summed E-state index contributed by atoms with van der Waals surface area (Å²) in [5, 5.41) is 0. The quantitative estimate of drug-likeness (QED) is 0.769. The molecule has 1 saturated carbocycles. The maximum Gasteiger partial charge on any atom is 0.323 e. The van der Waals surface area contributed by atoms with Crippen LogP contribution in [0.5, 0.6) is 0 Å². The molecule has 0 bridgehead atoms. The highest BCUT2D eigenvalue weighted by atomic mass is 16.5. The first kappa shape index (κ1) is 14.0. The molecule has 1 aliphatic rings. The zero-order valence-electron chi connectivity index (χ0n) is 11.2. The lowest BCUT2D eigenvalue weighted by Gasteiger charge is -2.28. The van der Waals surface area contributed by atoms with Crippen LogP contribution in [-0.2, 0) is 20.7 Å². The zero-order chi connectivity index (χ0) is 13.7. The summed E-state index contributed by atoms with van der Waals surface area (Å²) in [6, 6.07) is -0.650. The molecule has 6 heteroatoms. The smallest absolute Gasteiger partial charge is 0.323 e. The van der Waals surface area contributed by atoms with E-state index in [9.17, 15) is 4.79 Å². The van der Waals surface area contributed by atoms with Crippen molar-refractivity contribution in [3.8, 4) is 0 Å². The van der Waals surface area contributed by atoms with Crippen LogP contribution in [0.1, 0.15) is 31.4 Å². The number of aromatic nitrogens is 2. The first-order chi connectivity index (χ1) is 9.19. The molecular formula is C13H21N3O3. The zero-order valence-corrected chi connectivity index (χ0v) is 11.2. The van der Waals surface area contributed by atoms with E-state index in [-0.39, 0.29) is 18.2 Å². The van der Waals surface area contributed by atoms with E-state index in [0.717, 1.165) is 31.4 Å². The molecule has 2 rings (SSSR count). The van der Waals surface area contributed by atoms with E-state index in [2.05, 4.69) is 9.97 Å². The van der Waals surface area contributed by atoms with Crippen molar-refractivity contribution < 1.29 is 14.3 Å². The Morgan fingerprint density at radius 2 is 2.37 bits per heavy atom. The van der Waals surface area contributed by atoms with Crippen molar-refractivity contribution in [2.45, 2.75) is 50.4 Å². The number of nitrogens with zero attached hydrogens (tertiary/aromatic N) is 1. The summed E-state index contributed by atoms with van der Waals surface area (Å²) >= 11 is 0. The fourth-order valence-electron chi connectivity index (χ4n) is 2.39. The van der Waals surface area contributed by atoms with Crippen LogP contribution in [0.4, 0.5) is 0 Å². The van der Waals surface area contributed by atoms with E-state index < -0.39 is 6.04 Å². The molecule has 2 unspecified atom stereocenters. The second-order valence-electron chi connectivity index (χ2n) is 4.97. The third-order valence-corrected chi connectivity index (χ3v) is 3.49. The molecule has 6 nitrogen and oxygen atoms in total. The molecule has 106 valence electrons.